The lowest BCUT2D eigenvalue weighted by atomic mass is 10.0. The number of urea groups is 1. The summed E-state index contributed by atoms with van der Waals surface area (Å²) >= 11 is 6.09. The highest BCUT2D eigenvalue weighted by atomic mass is 35.5. The number of hydrogen-bond acceptors (Lipinski definition) is 2. The summed E-state index contributed by atoms with van der Waals surface area (Å²) in [7, 11) is 0. The highest BCUT2D eigenvalue weighted by Crippen LogP contribution is 2.22. The summed E-state index contributed by atoms with van der Waals surface area (Å²) < 4.78 is 0. The minimum atomic E-state index is -0.564. The fraction of sp³-hybridized carbons (Fsp3) is 0.467. The number of aryl methyl sites for hydroxylation is 1. The minimum Gasteiger partial charge on any atom is -0.352 e. The molecule has 1 aliphatic heterocycles. The molecule has 1 heterocycles. The molecule has 1 atom stereocenters. The Kier molecular flexibility index (Phi) is 5.07. The van der Waals surface area contributed by atoms with Crippen molar-refractivity contribution in [3.63, 3.8) is 0 Å². The molecule has 3 amide bonds. The van der Waals surface area contributed by atoms with Crippen LogP contribution in [0.15, 0.2) is 18.2 Å². The second kappa shape index (κ2) is 6.80. The van der Waals surface area contributed by atoms with Crippen LogP contribution < -0.4 is 11.1 Å². The summed E-state index contributed by atoms with van der Waals surface area (Å²) in [5, 5.41) is 3.18. The maximum atomic E-state index is 12.6. The number of nitrogens with zero attached hydrogens (tertiary/aromatic N) is 1. The van der Waals surface area contributed by atoms with Gasteiger partial charge in [-0.1, -0.05) is 17.7 Å². The molecule has 1 fully saturated rings. The zero-order valence-electron chi connectivity index (χ0n) is 12.1. The first-order valence-corrected chi connectivity index (χ1v) is 7.47. The van der Waals surface area contributed by atoms with E-state index in [1.807, 2.05) is 13.0 Å². The molecule has 0 aliphatic carbocycles. The number of rotatable bonds is 3. The first-order chi connectivity index (χ1) is 9.99. The van der Waals surface area contributed by atoms with Gasteiger partial charge in [-0.05, 0) is 43.9 Å². The number of nitrogens with two attached hydrogens (primary N) is 1. The number of nitrogens with one attached hydrogen (secondary N) is 1. The molecule has 0 saturated carbocycles. The summed E-state index contributed by atoms with van der Waals surface area (Å²) in [6.45, 7) is 2.98. The van der Waals surface area contributed by atoms with Crippen LogP contribution in [-0.4, -0.2) is 36.0 Å². The van der Waals surface area contributed by atoms with Crippen molar-refractivity contribution in [2.24, 2.45) is 5.73 Å². The van der Waals surface area contributed by atoms with Gasteiger partial charge in [0.1, 0.15) is 0 Å². The molecule has 5 nitrogen and oxygen atoms in total. The van der Waals surface area contributed by atoms with Crippen LogP contribution in [0.3, 0.4) is 0 Å². The molecule has 2 rings (SSSR count). The van der Waals surface area contributed by atoms with Gasteiger partial charge in [0.05, 0.1) is 0 Å². The summed E-state index contributed by atoms with van der Waals surface area (Å²) in [5.74, 6) is -0.0483. The number of carbonyl (C=O) groups is 2. The molecule has 21 heavy (non-hydrogen) atoms. The van der Waals surface area contributed by atoms with Gasteiger partial charge in [0, 0.05) is 29.7 Å². The maximum Gasteiger partial charge on any atom is 0.312 e. The number of benzene rings is 1. The molecule has 1 aromatic rings. The molecule has 1 unspecified atom stereocenters. The fourth-order valence-electron chi connectivity index (χ4n) is 2.59. The molecule has 1 saturated heterocycles. The Morgan fingerprint density at radius 3 is 2.86 bits per heavy atom. The van der Waals surface area contributed by atoms with Crippen molar-refractivity contribution >= 4 is 23.5 Å². The normalized spacial score (nSPS) is 18.4. The third-order valence-electron chi connectivity index (χ3n) is 3.82. The largest absolute Gasteiger partial charge is 0.352 e. The van der Waals surface area contributed by atoms with E-state index in [1.54, 1.807) is 17.0 Å². The molecule has 0 radical (unpaired) electrons. The molecule has 1 aromatic carbocycles. The highest BCUT2D eigenvalue weighted by molar-refractivity contribution is 6.31. The van der Waals surface area contributed by atoms with E-state index < -0.39 is 6.03 Å². The van der Waals surface area contributed by atoms with Gasteiger partial charge in [-0.3, -0.25) is 4.79 Å². The van der Waals surface area contributed by atoms with Crippen molar-refractivity contribution in [2.45, 2.75) is 32.2 Å². The molecule has 6 heteroatoms. The number of primary amides is 1. The number of piperidine rings is 1. The van der Waals surface area contributed by atoms with Crippen molar-refractivity contribution in [1.82, 2.24) is 10.2 Å². The number of likely N-dealkylation sites (tertiary alicyclic amines) is 1. The van der Waals surface area contributed by atoms with E-state index in [0.29, 0.717) is 23.7 Å². The average molecular weight is 310 g/mol. The van der Waals surface area contributed by atoms with Crippen molar-refractivity contribution in [1.29, 1.82) is 0 Å². The second-order valence-corrected chi connectivity index (χ2v) is 5.76. The topological polar surface area (TPSA) is 75.4 Å². The van der Waals surface area contributed by atoms with Crippen molar-refractivity contribution in [3.8, 4) is 0 Å². The molecule has 3 N–H and O–H groups in total. The summed E-state index contributed by atoms with van der Waals surface area (Å²) in [4.78, 5) is 25.3. The van der Waals surface area contributed by atoms with Gasteiger partial charge in [-0.15, -0.1) is 0 Å². The summed E-state index contributed by atoms with van der Waals surface area (Å²) in [6.07, 6.45) is 2.88. The van der Waals surface area contributed by atoms with E-state index in [2.05, 4.69) is 5.32 Å². The molecular formula is C15H20ClN3O2. The van der Waals surface area contributed by atoms with Crippen LogP contribution in [0.2, 0.25) is 5.02 Å². The zero-order chi connectivity index (χ0) is 15.4. The molecular weight excluding hydrogens is 290 g/mol. The van der Waals surface area contributed by atoms with Gasteiger partial charge in [-0.2, -0.15) is 0 Å². The van der Waals surface area contributed by atoms with Crippen LogP contribution in [0.25, 0.3) is 0 Å². The Labute approximate surface area is 129 Å². The smallest absolute Gasteiger partial charge is 0.312 e. The Morgan fingerprint density at radius 2 is 2.19 bits per heavy atom. The van der Waals surface area contributed by atoms with E-state index >= 15 is 0 Å². The Morgan fingerprint density at radius 1 is 1.43 bits per heavy atom. The predicted molar refractivity (Wildman–Crippen MR) is 82.5 cm³/mol. The van der Waals surface area contributed by atoms with E-state index in [-0.39, 0.29) is 11.9 Å². The highest BCUT2D eigenvalue weighted by Gasteiger charge is 2.27. The van der Waals surface area contributed by atoms with E-state index in [4.69, 9.17) is 17.3 Å². The maximum absolute atomic E-state index is 12.6. The Bertz CT molecular complexity index is 548. The fourth-order valence-corrected chi connectivity index (χ4v) is 2.77. The predicted octanol–water partition coefficient (Wildman–Crippen LogP) is 2.31. The van der Waals surface area contributed by atoms with Crippen molar-refractivity contribution in [2.75, 3.05) is 13.1 Å². The van der Waals surface area contributed by atoms with Crippen LogP contribution in [0.5, 0.6) is 0 Å². The SMILES string of the molecule is Cc1ccc(C(=O)N2CCCCC2CNC(N)=O)cc1Cl. The number of hydrogen-bond donors (Lipinski definition) is 2. The number of carbonyl (C=O) groups excluding carboxylic acids is 2. The van der Waals surface area contributed by atoms with Gasteiger partial charge in [0.2, 0.25) is 0 Å². The van der Waals surface area contributed by atoms with Crippen LogP contribution in [-0.2, 0) is 0 Å². The molecule has 1 aliphatic rings. The third kappa shape index (κ3) is 3.88. The van der Waals surface area contributed by atoms with Crippen LogP contribution in [0.1, 0.15) is 35.2 Å². The Balaban J connectivity index is 2.13. The second-order valence-electron chi connectivity index (χ2n) is 5.36. The standard InChI is InChI=1S/C15H20ClN3O2/c1-10-5-6-11(8-13(10)16)14(20)19-7-3-2-4-12(19)9-18-15(17)21/h5-6,8,12H,2-4,7,9H2,1H3,(H3,17,18,21). The van der Waals surface area contributed by atoms with E-state index in [1.165, 1.54) is 0 Å². The van der Waals surface area contributed by atoms with Gasteiger partial charge in [0.15, 0.2) is 0 Å². The molecule has 0 bridgehead atoms. The monoisotopic (exact) mass is 309 g/mol. The Hall–Kier alpha value is -1.75. The lowest BCUT2D eigenvalue weighted by Crippen LogP contribution is -2.50. The van der Waals surface area contributed by atoms with Gasteiger partial charge in [-0.25, -0.2) is 4.79 Å². The third-order valence-corrected chi connectivity index (χ3v) is 4.23. The van der Waals surface area contributed by atoms with E-state index in [0.717, 1.165) is 24.8 Å². The van der Waals surface area contributed by atoms with Crippen molar-refractivity contribution < 1.29 is 9.59 Å². The van der Waals surface area contributed by atoms with E-state index in [9.17, 15) is 9.59 Å². The average Bonchev–Trinajstić information content (AvgIpc) is 2.47. The summed E-state index contributed by atoms with van der Waals surface area (Å²) in [6, 6.07) is 4.75. The van der Waals surface area contributed by atoms with Gasteiger partial charge < -0.3 is 16.0 Å². The van der Waals surface area contributed by atoms with Gasteiger partial charge in [0.25, 0.3) is 5.91 Å². The minimum absolute atomic E-state index is 0.0150. The summed E-state index contributed by atoms with van der Waals surface area (Å²) in [5.41, 5.74) is 6.63. The van der Waals surface area contributed by atoms with Crippen molar-refractivity contribution in [3.05, 3.63) is 34.3 Å². The lowest BCUT2D eigenvalue weighted by Gasteiger charge is -2.36. The van der Waals surface area contributed by atoms with Gasteiger partial charge >= 0.3 is 6.03 Å². The zero-order valence-corrected chi connectivity index (χ0v) is 12.8. The molecule has 0 spiro atoms. The molecule has 0 aromatic heterocycles. The van der Waals surface area contributed by atoms with Crippen LogP contribution in [0, 0.1) is 6.92 Å². The number of amides is 3. The number of halogens is 1. The van der Waals surface area contributed by atoms with Crippen LogP contribution in [0.4, 0.5) is 4.79 Å². The van der Waals surface area contributed by atoms with Crippen LogP contribution >= 0.6 is 11.6 Å². The molecule has 114 valence electrons. The first kappa shape index (κ1) is 15.6. The first-order valence-electron chi connectivity index (χ1n) is 7.09. The lowest BCUT2D eigenvalue weighted by molar-refractivity contribution is 0.0615. The quantitative estimate of drug-likeness (QED) is 0.899.